The molecular weight excluding hydrogens is 182 g/mol. The minimum atomic E-state index is -0.0926. The second-order valence-electron chi connectivity index (χ2n) is 3.16. The quantitative estimate of drug-likeness (QED) is 0.382. The van der Waals surface area contributed by atoms with E-state index in [1.54, 1.807) is 4.90 Å². The lowest BCUT2D eigenvalue weighted by atomic mass is 10.1. The number of nitrogens with zero attached hydrogens (tertiary/aromatic N) is 1. The summed E-state index contributed by atoms with van der Waals surface area (Å²) in [6, 6.07) is -0.0926. The van der Waals surface area contributed by atoms with Crippen LogP contribution in [0.3, 0.4) is 0 Å². The van der Waals surface area contributed by atoms with Crippen LogP contribution in [0.5, 0.6) is 0 Å². The normalized spacial score (nSPS) is 22.2. The second kappa shape index (κ2) is 4.64. The Morgan fingerprint density at radius 1 is 1.71 bits per heavy atom. The molecule has 3 N–H and O–H groups in total. The van der Waals surface area contributed by atoms with Gasteiger partial charge in [-0.2, -0.15) is 0 Å². The highest BCUT2D eigenvalue weighted by atomic mass is 16.5. The fourth-order valence-corrected chi connectivity index (χ4v) is 1.71. The van der Waals surface area contributed by atoms with E-state index < -0.39 is 0 Å². The molecule has 0 aromatic carbocycles. The Labute approximate surface area is 83.0 Å². The molecule has 0 aliphatic carbocycles. The first-order valence-corrected chi connectivity index (χ1v) is 4.50. The van der Waals surface area contributed by atoms with Crippen molar-refractivity contribution < 1.29 is 9.53 Å². The Hall–Kier alpha value is -1.52. The van der Waals surface area contributed by atoms with Gasteiger partial charge in [-0.3, -0.25) is 10.2 Å². The summed E-state index contributed by atoms with van der Waals surface area (Å²) in [7, 11) is 1.42. The summed E-state index contributed by atoms with van der Waals surface area (Å²) in [4.78, 5) is 12.3. The number of rotatable bonds is 3. The van der Waals surface area contributed by atoms with Crippen molar-refractivity contribution in [2.45, 2.75) is 18.9 Å². The third-order valence-corrected chi connectivity index (χ3v) is 2.43. The number of ether oxygens (including phenoxy) is 1. The molecular formula is C9H15N3O2. The molecule has 1 amide bonds. The Bertz CT molecular complexity index is 263. The van der Waals surface area contributed by atoms with Gasteiger partial charge in [0, 0.05) is 12.7 Å². The molecule has 1 atom stereocenters. The third kappa shape index (κ3) is 1.86. The van der Waals surface area contributed by atoms with E-state index in [9.17, 15) is 4.79 Å². The molecule has 5 nitrogen and oxygen atoms in total. The van der Waals surface area contributed by atoms with E-state index in [4.69, 9.17) is 15.9 Å². The Morgan fingerprint density at radius 2 is 2.43 bits per heavy atom. The monoisotopic (exact) mass is 197 g/mol. The van der Waals surface area contributed by atoms with E-state index in [1.165, 1.54) is 13.3 Å². The van der Waals surface area contributed by atoms with E-state index in [2.05, 4.69) is 0 Å². The summed E-state index contributed by atoms with van der Waals surface area (Å²) in [5.74, 6) is 0.0336. The SMILES string of the molecule is COC(=N)/C(=C\N)C1CCCN1C=O. The average Bonchev–Trinajstić information content (AvgIpc) is 2.66. The van der Waals surface area contributed by atoms with Crippen molar-refractivity contribution in [3.8, 4) is 0 Å². The fourth-order valence-electron chi connectivity index (χ4n) is 1.71. The smallest absolute Gasteiger partial charge is 0.212 e. The number of hydrogen-bond acceptors (Lipinski definition) is 4. The molecule has 0 bridgehead atoms. The maximum Gasteiger partial charge on any atom is 0.212 e. The molecule has 1 heterocycles. The van der Waals surface area contributed by atoms with E-state index in [-0.39, 0.29) is 11.9 Å². The molecule has 0 saturated carbocycles. The molecule has 0 radical (unpaired) electrons. The number of nitrogens with two attached hydrogens (primary N) is 1. The van der Waals surface area contributed by atoms with Gasteiger partial charge >= 0.3 is 0 Å². The Balaban J connectivity index is 2.79. The number of methoxy groups -OCH3 is 1. The van der Waals surface area contributed by atoms with Crippen LogP contribution < -0.4 is 5.73 Å². The van der Waals surface area contributed by atoms with Crippen LogP contribution in [0.25, 0.3) is 0 Å². The minimum absolute atomic E-state index is 0.0336. The van der Waals surface area contributed by atoms with Gasteiger partial charge in [-0.05, 0) is 12.8 Å². The molecule has 5 heteroatoms. The fraction of sp³-hybridized carbons (Fsp3) is 0.556. The predicted molar refractivity (Wildman–Crippen MR) is 52.8 cm³/mol. The first-order valence-electron chi connectivity index (χ1n) is 4.50. The van der Waals surface area contributed by atoms with Gasteiger partial charge in [0.15, 0.2) is 0 Å². The molecule has 0 spiro atoms. The summed E-state index contributed by atoms with van der Waals surface area (Å²) in [6.45, 7) is 0.725. The van der Waals surface area contributed by atoms with Gasteiger partial charge in [-0.25, -0.2) is 0 Å². The van der Waals surface area contributed by atoms with E-state index in [0.29, 0.717) is 5.57 Å². The zero-order chi connectivity index (χ0) is 10.6. The topological polar surface area (TPSA) is 79.4 Å². The molecule has 1 saturated heterocycles. The van der Waals surface area contributed by atoms with Gasteiger partial charge in [0.25, 0.3) is 0 Å². The summed E-state index contributed by atoms with van der Waals surface area (Å²) >= 11 is 0. The van der Waals surface area contributed by atoms with Crippen molar-refractivity contribution >= 4 is 12.3 Å². The van der Waals surface area contributed by atoms with Crippen molar-refractivity contribution in [3.05, 3.63) is 11.8 Å². The van der Waals surface area contributed by atoms with Crippen LogP contribution in [0.1, 0.15) is 12.8 Å². The zero-order valence-corrected chi connectivity index (χ0v) is 8.19. The zero-order valence-electron chi connectivity index (χ0n) is 8.19. The van der Waals surface area contributed by atoms with Crippen LogP contribution in [0.2, 0.25) is 0 Å². The number of carbonyl (C=O) groups is 1. The second-order valence-corrected chi connectivity index (χ2v) is 3.16. The van der Waals surface area contributed by atoms with Crippen LogP contribution >= 0.6 is 0 Å². The molecule has 1 unspecified atom stereocenters. The first kappa shape index (κ1) is 10.6. The molecule has 78 valence electrons. The number of carbonyl (C=O) groups excluding carboxylic acids is 1. The van der Waals surface area contributed by atoms with Crippen LogP contribution in [0.15, 0.2) is 11.8 Å². The van der Waals surface area contributed by atoms with Crippen molar-refractivity contribution in [1.82, 2.24) is 4.90 Å². The minimum Gasteiger partial charge on any atom is -0.481 e. The van der Waals surface area contributed by atoms with Gasteiger partial charge in [-0.15, -0.1) is 0 Å². The lowest BCUT2D eigenvalue weighted by Gasteiger charge is -2.22. The Kier molecular flexibility index (Phi) is 3.50. The summed E-state index contributed by atoms with van der Waals surface area (Å²) in [5.41, 5.74) is 6.00. The molecule has 14 heavy (non-hydrogen) atoms. The molecule has 0 aromatic heterocycles. The van der Waals surface area contributed by atoms with Gasteiger partial charge < -0.3 is 15.4 Å². The number of hydrogen-bond donors (Lipinski definition) is 2. The van der Waals surface area contributed by atoms with Crippen molar-refractivity contribution in [2.75, 3.05) is 13.7 Å². The Morgan fingerprint density at radius 3 is 2.93 bits per heavy atom. The molecule has 1 fully saturated rings. The van der Waals surface area contributed by atoms with E-state index in [1.807, 2.05) is 0 Å². The van der Waals surface area contributed by atoms with Crippen molar-refractivity contribution in [2.24, 2.45) is 5.73 Å². The number of likely N-dealkylation sites (tertiary alicyclic amines) is 1. The summed E-state index contributed by atoms with van der Waals surface area (Å²) in [6.07, 6.45) is 3.92. The highest BCUT2D eigenvalue weighted by Gasteiger charge is 2.28. The van der Waals surface area contributed by atoms with Crippen LogP contribution in [-0.2, 0) is 9.53 Å². The van der Waals surface area contributed by atoms with Crippen LogP contribution in [-0.4, -0.2) is 36.9 Å². The maximum absolute atomic E-state index is 10.7. The van der Waals surface area contributed by atoms with Gasteiger partial charge in [-0.1, -0.05) is 0 Å². The molecule has 1 aliphatic rings. The largest absolute Gasteiger partial charge is 0.481 e. The number of amides is 1. The van der Waals surface area contributed by atoms with Crippen LogP contribution in [0, 0.1) is 5.41 Å². The lowest BCUT2D eigenvalue weighted by molar-refractivity contribution is -0.118. The van der Waals surface area contributed by atoms with E-state index >= 15 is 0 Å². The third-order valence-electron chi connectivity index (χ3n) is 2.43. The lowest BCUT2D eigenvalue weighted by Crippen LogP contribution is -2.33. The highest BCUT2D eigenvalue weighted by Crippen LogP contribution is 2.22. The summed E-state index contributed by atoms with van der Waals surface area (Å²) in [5, 5.41) is 7.51. The van der Waals surface area contributed by atoms with Crippen LogP contribution in [0.4, 0.5) is 0 Å². The van der Waals surface area contributed by atoms with E-state index in [0.717, 1.165) is 25.8 Å². The number of nitrogens with one attached hydrogen (secondary N) is 1. The molecule has 1 aliphatic heterocycles. The standard InChI is InChI=1S/C9H15N3O2/c1-14-9(11)7(5-10)8-3-2-4-12(8)6-13/h5-6,8,11H,2-4,10H2,1H3/b7-5-,11-9?. The molecule has 1 rings (SSSR count). The first-order chi connectivity index (χ1) is 6.74. The van der Waals surface area contributed by atoms with Crippen molar-refractivity contribution in [3.63, 3.8) is 0 Å². The predicted octanol–water partition coefficient (Wildman–Crippen LogP) is 0.0735. The maximum atomic E-state index is 10.7. The van der Waals surface area contributed by atoms with Gasteiger partial charge in [0.2, 0.25) is 12.3 Å². The van der Waals surface area contributed by atoms with Crippen molar-refractivity contribution in [1.29, 1.82) is 5.41 Å². The highest BCUT2D eigenvalue weighted by molar-refractivity contribution is 5.92. The average molecular weight is 197 g/mol. The van der Waals surface area contributed by atoms with Gasteiger partial charge in [0.05, 0.1) is 18.7 Å². The summed E-state index contributed by atoms with van der Waals surface area (Å²) < 4.78 is 4.80. The molecule has 0 aromatic rings. The van der Waals surface area contributed by atoms with Gasteiger partial charge in [0.1, 0.15) is 0 Å².